The van der Waals surface area contributed by atoms with Crippen LogP contribution in [0.3, 0.4) is 0 Å². The van der Waals surface area contributed by atoms with Gasteiger partial charge in [-0.2, -0.15) is 5.10 Å². The molecule has 0 amide bonds. The van der Waals surface area contributed by atoms with Crippen LogP contribution in [-0.4, -0.2) is 16.1 Å². The number of hydrogen-bond acceptors (Lipinski definition) is 2. The molecule has 3 nitrogen and oxygen atoms in total. The largest absolute Gasteiger partial charge is 0.296 e. The maximum atomic E-state index is 10.8. The van der Waals surface area contributed by atoms with E-state index < -0.39 is 0 Å². The van der Waals surface area contributed by atoms with Crippen molar-refractivity contribution >= 4 is 6.29 Å². The smallest absolute Gasteiger partial charge is 0.168 e. The second-order valence-electron chi connectivity index (χ2n) is 4.51. The fourth-order valence-corrected chi connectivity index (χ4v) is 1.82. The van der Waals surface area contributed by atoms with Gasteiger partial charge in [-0.25, -0.2) is 0 Å². The van der Waals surface area contributed by atoms with Crippen LogP contribution in [-0.2, 0) is 6.54 Å². The van der Waals surface area contributed by atoms with E-state index >= 15 is 0 Å². The molecule has 0 N–H and O–H groups in total. The molecule has 1 aromatic heterocycles. The van der Waals surface area contributed by atoms with Gasteiger partial charge in [0.2, 0.25) is 0 Å². The highest BCUT2D eigenvalue weighted by atomic mass is 16.1. The number of aldehydes is 1. The molecular formula is C11H14N2O. The van der Waals surface area contributed by atoms with E-state index in [-0.39, 0.29) is 0 Å². The van der Waals surface area contributed by atoms with Crippen LogP contribution < -0.4 is 0 Å². The molecule has 0 unspecified atom stereocenters. The summed E-state index contributed by atoms with van der Waals surface area (Å²) in [7, 11) is 0. The Morgan fingerprint density at radius 1 is 1.43 bits per heavy atom. The van der Waals surface area contributed by atoms with Gasteiger partial charge in [-0.1, -0.05) is 0 Å². The van der Waals surface area contributed by atoms with Gasteiger partial charge in [0.05, 0.1) is 5.69 Å². The van der Waals surface area contributed by atoms with Gasteiger partial charge in [-0.3, -0.25) is 9.48 Å². The SMILES string of the molecule is O=Cc1cc(C2CC2)nn1CC1CC1. The molecule has 3 heteroatoms. The fourth-order valence-electron chi connectivity index (χ4n) is 1.82. The lowest BCUT2D eigenvalue weighted by Gasteiger charge is -2.00. The highest BCUT2D eigenvalue weighted by Gasteiger charge is 2.29. The van der Waals surface area contributed by atoms with Gasteiger partial charge in [-0.05, 0) is 37.7 Å². The minimum atomic E-state index is 0.647. The lowest BCUT2D eigenvalue weighted by atomic mass is 10.3. The predicted octanol–water partition coefficient (Wildman–Crippen LogP) is 1.98. The zero-order chi connectivity index (χ0) is 9.54. The van der Waals surface area contributed by atoms with Crippen molar-refractivity contribution in [2.45, 2.75) is 38.1 Å². The van der Waals surface area contributed by atoms with Crippen LogP contribution in [0, 0.1) is 5.92 Å². The first kappa shape index (κ1) is 8.21. The Balaban J connectivity index is 1.86. The molecule has 2 fully saturated rings. The summed E-state index contributed by atoms with van der Waals surface area (Å²) in [5, 5.41) is 4.51. The third-order valence-electron chi connectivity index (χ3n) is 3.07. The van der Waals surface area contributed by atoms with Crippen molar-refractivity contribution in [2.24, 2.45) is 5.92 Å². The molecule has 1 heterocycles. The Hall–Kier alpha value is -1.12. The van der Waals surface area contributed by atoms with Gasteiger partial charge in [0.1, 0.15) is 5.69 Å². The van der Waals surface area contributed by atoms with Crippen molar-refractivity contribution in [1.29, 1.82) is 0 Å². The van der Waals surface area contributed by atoms with E-state index in [1.165, 1.54) is 25.7 Å². The van der Waals surface area contributed by atoms with Gasteiger partial charge < -0.3 is 0 Å². The lowest BCUT2D eigenvalue weighted by Crippen LogP contribution is -2.05. The first-order valence-corrected chi connectivity index (χ1v) is 5.40. The van der Waals surface area contributed by atoms with Gasteiger partial charge in [0, 0.05) is 12.5 Å². The van der Waals surface area contributed by atoms with Crippen molar-refractivity contribution < 1.29 is 4.79 Å². The number of aromatic nitrogens is 2. The quantitative estimate of drug-likeness (QED) is 0.680. The number of rotatable bonds is 4. The topological polar surface area (TPSA) is 34.9 Å². The van der Waals surface area contributed by atoms with Crippen LogP contribution in [0.15, 0.2) is 6.07 Å². The van der Waals surface area contributed by atoms with Crippen LogP contribution in [0.2, 0.25) is 0 Å². The number of carbonyl (C=O) groups is 1. The van der Waals surface area contributed by atoms with Crippen LogP contribution >= 0.6 is 0 Å². The van der Waals surface area contributed by atoms with Gasteiger partial charge in [-0.15, -0.1) is 0 Å². The van der Waals surface area contributed by atoms with E-state index in [0.717, 1.165) is 30.1 Å². The van der Waals surface area contributed by atoms with Crippen molar-refractivity contribution in [1.82, 2.24) is 9.78 Å². The minimum Gasteiger partial charge on any atom is -0.296 e. The Labute approximate surface area is 83.1 Å². The summed E-state index contributed by atoms with van der Waals surface area (Å²) >= 11 is 0. The average molecular weight is 190 g/mol. The standard InChI is InChI=1S/C11H14N2O/c14-7-10-5-11(9-3-4-9)12-13(10)6-8-1-2-8/h5,7-9H,1-4,6H2. The monoisotopic (exact) mass is 190 g/mol. The molecular weight excluding hydrogens is 176 g/mol. The van der Waals surface area contributed by atoms with Crippen molar-refractivity contribution in [2.75, 3.05) is 0 Å². The second-order valence-corrected chi connectivity index (χ2v) is 4.51. The summed E-state index contributed by atoms with van der Waals surface area (Å²) in [6.45, 7) is 0.945. The molecule has 3 rings (SSSR count). The Bertz CT molecular complexity index is 361. The molecule has 2 aliphatic rings. The Kier molecular flexibility index (Phi) is 1.72. The van der Waals surface area contributed by atoms with E-state index in [2.05, 4.69) is 5.10 Å². The molecule has 14 heavy (non-hydrogen) atoms. The fraction of sp³-hybridized carbons (Fsp3) is 0.636. The summed E-state index contributed by atoms with van der Waals surface area (Å²) in [5.74, 6) is 1.43. The van der Waals surface area contributed by atoms with Gasteiger partial charge in [0.15, 0.2) is 6.29 Å². The highest BCUT2D eigenvalue weighted by Crippen LogP contribution is 2.39. The maximum absolute atomic E-state index is 10.8. The molecule has 0 aliphatic heterocycles. The first-order chi connectivity index (χ1) is 6.86. The molecule has 1 aromatic rings. The van der Waals surface area contributed by atoms with Crippen LogP contribution in [0.1, 0.15) is 47.8 Å². The van der Waals surface area contributed by atoms with Gasteiger partial charge in [0.25, 0.3) is 0 Å². The van der Waals surface area contributed by atoms with E-state index in [9.17, 15) is 4.79 Å². The molecule has 0 spiro atoms. The third-order valence-corrected chi connectivity index (χ3v) is 3.07. The van der Waals surface area contributed by atoms with Crippen molar-refractivity contribution in [3.05, 3.63) is 17.5 Å². The molecule has 0 atom stereocenters. The summed E-state index contributed by atoms with van der Waals surface area (Å²) in [6, 6.07) is 1.97. The molecule has 2 aliphatic carbocycles. The predicted molar refractivity (Wildman–Crippen MR) is 52.3 cm³/mol. The Morgan fingerprint density at radius 2 is 2.21 bits per heavy atom. The lowest BCUT2D eigenvalue weighted by molar-refractivity contribution is 0.111. The molecule has 2 saturated carbocycles. The number of nitrogens with zero attached hydrogens (tertiary/aromatic N) is 2. The number of hydrogen-bond donors (Lipinski definition) is 0. The van der Waals surface area contributed by atoms with E-state index in [4.69, 9.17) is 0 Å². The molecule has 0 aromatic carbocycles. The number of carbonyl (C=O) groups excluding carboxylic acids is 1. The van der Waals surface area contributed by atoms with Crippen molar-refractivity contribution in [3.63, 3.8) is 0 Å². The molecule has 0 saturated heterocycles. The minimum absolute atomic E-state index is 0.647. The van der Waals surface area contributed by atoms with Crippen LogP contribution in [0.5, 0.6) is 0 Å². The third kappa shape index (κ3) is 1.47. The molecule has 74 valence electrons. The van der Waals surface area contributed by atoms with E-state index in [1.54, 1.807) is 0 Å². The molecule has 0 bridgehead atoms. The zero-order valence-electron chi connectivity index (χ0n) is 8.15. The average Bonchev–Trinajstić information content (AvgIpc) is 3.04. The Morgan fingerprint density at radius 3 is 2.79 bits per heavy atom. The van der Waals surface area contributed by atoms with E-state index in [1.807, 2.05) is 10.7 Å². The summed E-state index contributed by atoms with van der Waals surface area (Å²) in [6.07, 6.45) is 6.03. The summed E-state index contributed by atoms with van der Waals surface area (Å²) < 4.78 is 1.90. The zero-order valence-corrected chi connectivity index (χ0v) is 8.15. The van der Waals surface area contributed by atoms with Crippen LogP contribution in [0.4, 0.5) is 0 Å². The second kappa shape index (κ2) is 2.94. The van der Waals surface area contributed by atoms with Crippen molar-refractivity contribution in [3.8, 4) is 0 Å². The first-order valence-electron chi connectivity index (χ1n) is 5.40. The van der Waals surface area contributed by atoms with Crippen LogP contribution in [0.25, 0.3) is 0 Å². The van der Waals surface area contributed by atoms with Gasteiger partial charge >= 0.3 is 0 Å². The van der Waals surface area contributed by atoms with E-state index in [0.29, 0.717) is 5.92 Å². The maximum Gasteiger partial charge on any atom is 0.168 e. The molecule has 0 radical (unpaired) electrons. The summed E-state index contributed by atoms with van der Waals surface area (Å²) in [4.78, 5) is 10.8. The normalized spacial score (nSPS) is 21.1. The summed E-state index contributed by atoms with van der Waals surface area (Å²) in [5.41, 5.74) is 1.89. The highest BCUT2D eigenvalue weighted by molar-refractivity contribution is 5.72.